The average Bonchev–Trinajstić information content (AvgIpc) is 2.38. The summed E-state index contributed by atoms with van der Waals surface area (Å²) < 4.78 is 5.80. The summed E-state index contributed by atoms with van der Waals surface area (Å²) in [6.07, 6.45) is 0. The van der Waals surface area contributed by atoms with Crippen molar-refractivity contribution in [1.29, 1.82) is 0 Å². The molecule has 0 bridgehead atoms. The van der Waals surface area contributed by atoms with Crippen LogP contribution in [0.2, 0.25) is 10.0 Å². The van der Waals surface area contributed by atoms with Gasteiger partial charge in [0.05, 0.1) is 0 Å². The maximum Gasteiger partial charge on any atom is 0.124 e. The molecule has 2 rings (SSSR count). The largest absolute Gasteiger partial charge is 0.489 e. The van der Waals surface area contributed by atoms with Crippen LogP contribution in [0.1, 0.15) is 24.1 Å². The molecule has 0 saturated carbocycles. The number of hydrogen-bond acceptors (Lipinski definition) is 2. The Labute approximate surface area is 123 Å². The lowest BCUT2D eigenvalue weighted by atomic mass is 10.1. The molecule has 1 atom stereocenters. The van der Waals surface area contributed by atoms with Gasteiger partial charge in [-0.3, -0.25) is 0 Å². The van der Waals surface area contributed by atoms with Gasteiger partial charge in [-0.15, -0.1) is 0 Å². The molecule has 2 aromatic carbocycles. The molecule has 0 saturated heterocycles. The van der Waals surface area contributed by atoms with Crippen LogP contribution in [0.25, 0.3) is 0 Å². The Bertz CT molecular complexity index is 570. The van der Waals surface area contributed by atoms with Crippen molar-refractivity contribution >= 4 is 23.2 Å². The van der Waals surface area contributed by atoms with Crippen molar-refractivity contribution in [3.8, 4) is 5.75 Å². The van der Waals surface area contributed by atoms with Gasteiger partial charge < -0.3 is 10.5 Å². The Morgan fingerprint density at radius 1 is 1.16 bits per heavy atom. The van der Waals surface area contributed by atoms with Gasteiger partial charge in [0.25, 0.3) is 0 Å². The zero-order chi connectivity index (χ0) is 13.8. The monoisotopic (exact) mass is 295 g/mol. The second-order valence-electron chi connectivity index (χ2n) is 4.35. The van der Waals surface area contributed by atoms with Gasteiger partial charge in [-0.05, 0) is 31.2 Å². The zero-order valence-electron chi connectivity index (χ0n) is 10.6. The lowest BCUT2D eigenvalue weighted by Crippen LogP contribution is -2.08. The van der Waals surface area contributed by atoms with Crippen LogP contribution >= 0.6 is 23.2 Å². The zero-order valence-corrected chi connectivity index (χ0v) is 12.1. The Morgan fingerprint density at radius 3 is 2.58 bits per heavy atom. The highest BCUT2D eigenvalue weighted by Gasteiger charge is 2.10. The first-order valence-electron chi connectivity index (χ1n) is 5.99. The topological polar surface area (TPSA) is 35.2 Å². The molecule has 0 heterocycles. The maximum absolute atomic E-state index is 6.09. The quantitative estimate of drug-likeness (QED) is 0.895. The number of nitrogens with two attached hydrogens (primary N) is 1. The summed E-state index contributed by atoms with van der Waals surface area (Å²) in [6, 6.07) is 12.9. The Balaban J connectivity index is 2.18. The number of benzene rings is 2. The van der Waals surface area contributed by atoms with Crippen LogP contribution in [-0.2, 0) is 6.61 Å². The molecule has 4 heteroatoms. The molecule has 2 nitrogen and oxygen atoms in total. The van der Waals surface area contributed by atoms with E-state index in [1.165, 1.54) is 0 Å². The standard InChI is InChI=1S/C15H15Cl2NO/c1-10(18)13-8-12(16)6-7-15(13)19-9-11-4-2-3-5-14(11)17/h2-8,10H,9,18H2,1H3/t10-/m1/s1. The van der Waals surface area contributed by atoms with Gasteiger partial charge in [-0.2, -0.15) is 0 Å². The average molecular weight is 296 g/mol. The van der Waals surface area contributed by atoms with E-state index in [4.69, 9.17) is 33.7 Å². The molecule has 0 radical (unpaired) electrons. The maximum atomic E-state index is 6.09. The van der Waals surface area contributed by atoms with E-state index >= 15 is 0 Å². The van der Waals surface area contributed by atoms with Crippen LogP contribution in [0.3, 0.4) is 0 Å². The summed E-state index contributed by atoms with van der Waals surface area (Å²) in [6.45, 7) is 2.30. The van der Waals surface area contributed by atoms with E-state index in [1.807, 2.05) is 43.3 Å². The predicted molar refractivity (Wildman–Crippen MR) is 79.8 cm³/mol. The minimum Gasteiger partial charge on any atom is -0.489 e. The SMILES string of the molecule is C[C@@H](N)c1cc(Cl)ccc1OCc1ccccc1Cl. The molecule has 0 aliphatic heterocycles. The van der Waals surface area contributed by atoms with E-state index in [0.29, 0.717) is 16.7 Å². The lowest BCUT2D eigenvalue weighted by molar-refractivity contribution is 0.301. The van der Waals surface area contributed by atoms with E-state index in [1.54, 1.807) is 6.07 Å². The van der Waals surface area contributed by atoms with E-state index < -0.39 is 0 Å². The van der Waals surface area contributed by atoms with Crippen molar-refractivity contribution in [3.63, 3.8) is 0 Å². The van der Waals surface area contributed by atoms with Crippen molar-refractivity contribution in [3.05, 3.63) is 63.6 Å². The minimum absolute atomic E-state index is 0.139. The van der Waals surface area contributed by atoms with Gasteiger partial charge in [-0.25, -0.2) is 0 Å². The molecule has 0 aromatic heterocycles. The summed E-state index contributed by atoms with van der Waals surface area (Å²) in [7, 11) is 0. The van der Waals surface area contributed by atoms with Crippen LogP contribution in [-0.4, -0.2) is 0 Å². The van der Waals surface area contributed by atoms with Crippen LogP contribution < -0.4 is 10.5 Å². The van der Waals surface area contributed by atoms with Crippen LogP contribution in [0.15, 0.2) is 42.5 Å². The van der Waals surface area contributed by atoms with Gasteiger partial charge in [0.2, 0.25) is 0 Å². The van der Waals surface area contributed by atoms with Gasteiger partial charge in [0.1, 0.15) is 12.4 Å². The van der Waals surface area contributed by atoms with Crippen molar-refractivity contribution < 1.29 is 4.74 Å². The van der Waals surface area contributed by atoms with Gasteiger partial charge in [0.15, 0.2) is 0 Å². The molecule has 0 aliphatic carbocycles. The highest BCUT2D eigenvalue weighted by atomic mass is 35.5. The Kier molecular flexibility index (Phi) is 4.70. The number of hydrogen-bond donors (Lipinski definition) is 1. The third-order valence-electron chi connectivity index (χ3n) is 2.80. The second kappa shape index (κ2) is 6.29. The molecular weight excluding hydrogens is 281 g/mol. The molecule has 19 heavy (non-hydrogen) atoms. The molecule has 2 aromatic rings. The van der Waals surface area contributed by atoms with Crippen LogP contribution in [0.5, 0.6) is 5.75 Å². The fourth-order valence-electron chi connectivity index (χ4n) is 1.78. The van der Waals surface area contributed by atoms with Crippen LogP contribution in [0, 0.1) is 0 Å². The number of ether oxygens (including phenoxy) is 1. The predicted octanol–water partition coefficient (Wildman–Crippen LogP) is 4.59. The molecule has 0 fully saturated rings. The Hall–Kier alpha value is -1.22. The molecule has 2 N–H and O–H groups in total. The van der Waals surface area contributed by atoms with Gasteiger partial charge in [0, 0.05) is 27.2 Å². The van der Waals surface area contributed by atoms with Crippen molar-refractivity contribution in [2.45, 2.75) is 19.6 Å². The first-order valence-corrected chi connectivity index (χ1v) is 6.74. The highest BCUT2D eigenvalue weighted by molar-refractivity contribution is 6.31. The van der Waals surface area contributed by atoms with Crippen LogP contribution in [0.4, 0.5) is 0 Å². The first kappa shape index (κ1) is 14.2. The normalized spacial score (nSPS) is 12.2. The van der Waals surface area contributed by atoms with Crippen molar-refractivity contribution in [2.24, 2.45) is 5.73 Å². The van der Waals surface area contributed by atoms with Crippen molar-refractivity contribution in [1.82, 2.24) is 0 Å². The lowest BCUT2D eigenvalue weighted by Gasteiger charge is -2.15. The summed E-state index contributed by atoms with van der Waals surface area (Å²) in [5, 5.41) is 1.34. The van der Waals surface area contributed by atoms with E-state index in [2.05, 4.69) is 0 Å². The molecule has 100 valence electrons. The summed E-state index contributed by atoms with van der Waals surface area (Å²) in [4.78, 5) is 0. The van der Waals surface area contributed by atoms with E-state index in [-0.39, 0.29) is 6.04 Å². The number of halogens is 2. The molecular formula is C15H15Cl2NO. The molecule has 0 amide bonds. The van der Waals surface area contributed by atoms with Gasteiger partial charge >= 0.3 is 0 Å². The van der Waals surface area contributed by atoms with Gasteiger partial charge in [-0.1, -0.05) is 41.4 Å². The smallest absolute Gasteiger partial charge is 0.124 e. The van der Waals surface area contributed by atoms with E-state index in [9.17, 15) is 0 Å². The van der Waals surface area contributed by atoms with Crippen molar-refractivity contribution in [2.75, 3.05) is 0 Å². The third-order valence-corrected chi connectivity index (χ3v) is 3.41. The molecule has 0 unspecified atom stereocenters. The highest BCUT2D eigenvalue weighted by Crippen LogP contribution is 2.28. The summed E-state index contributed by atoms with van der Waals surface area (Å²) in [5.74, 6) is 0.735. The molecule has 0 aliphatic rings. The second-order valence-corrected chi connectivity index (χ2v) is 5.19. The molecule has 0 spiro atoms. The third kappa shape index (κ3) is 3.63. The Morgan fingerprint density at radius 2 is 1.89 bits per heavy atom. The summed E-state index contributed by atoms with van der Waals surface area (Å²) in [5.41, 5.74) is 7.75. The number of rotatable bonds is 4. The first-order chi connectivity index (χ1) is 9.08. The van der Waals surface area contributed by atoms with E-state index in [0.717, 1.165) is 16.9 Å². The fraction of sp³-hybridized carbons (Fsp3) is 0.200. The fourth-order valence-corrected chi connectivity index (χ4v) is 2.15. The summed E-state index contributed by atoms with van der Waals surface area (Å²) >= 11 is 12.1. The minimum atomic E-state index is -0.139.